The third-order valence-electron chi connectivity index (χ3n) is 3.10. The van der Waals surface area contributed by atoms with Crippen LogP contribution in [0, 0.1) is 10.1 Å². The molecule has 0 bridgehead atoms. The number of rotatable bonds is 4. The van der Waals surface area contributed by atoms with Crippen LogP contribution in [-0.2, 0) is 6.42 Å². The van der Waals surface area contributed by atoms with E-state index in [9.17, 15) is 14.9 Å². The van der Waals surface area contributed by atoms with Crippen LogP contribution in [0.1, 0.15) is 24.7 Å². The SMILES string of the molecule is CCCc1nc2s/c(=C\c3ccc([N+](=O)[O-])cc3)c(=O)n2n1. The highest BCUT2D eigenvalue weighted by molar-refractivity contribution is 7.15. The maximum absolute atomic E-state index is 12.3. The number of nitro groups is 1. The number of nitro benzene ring substituents is 1. The normalized spacial score (nSPS) is 12.1. The van der Waals surface area contributed by atoms with E-state index in [1.165, 1.54) is 28.0 Å². The van der Waals surface area contributed by atoms with Crippen LogP contribution in [0.25, 0.3) is 11.0 Å². The number of aromatic nitrogens is 3. The highest BCUT2D eigenvalue weighted by atomic mass is 32.1. The Morgan fingerprint density at radius 2 is 2.09 bits per heavy atom. The van der Waals surface area contributed by atoms with Crippen LogP contribution in [0.5, 0.6) is 0 Å². The molecule has 0 aliphatic heterocycles. The van der Waals surface area contributed by atoms with Gasteiger partial charge in [0.15, 0.2) is 5.82 Å². The van der Waals surface area contributed by atoms with Crippen molar-refractivity contribution in [2.45, 2.75) is 19.8 Å². The number of thiazole rings is 1. The van der Waals surface area contributed by atoms with Crippen LogP contribution in [-0.4, -0.2) is 19.5 Å². The molecule has 0 N–H and O–H groups in total. The summed E-state index contributed by atoms with van der Waals surface area (Å²) in [6.07, 6.45) is 3.36. The molecular formula is C14H12N4O3S. The van der Waals surface area contributed by atoms with Gasteiger partial charge in [-0.25, -0.2) is 4.98 Å². The number of aryl methyl sites for hydroxylation is 1. The van der Waals surface area contributed by atoms with E-state index in [1.807, 2.05) is 6.92 Å². The highest BCUT2D eigenvalue weighted by Crippen LogP contribution is 2.12. The van der Waals surface area contributed by atoms with Crippen molar-refractivity contribution in [1.82, 2.24) is 14.6 Å². The summed E-state index contributed by atoms with van der Waals surface area (Å²) in [5.74, 6) is 0.674. The highest BCUT2D eigenvalue weighted by Gasteiger charge is 2.10. The molecule has 0 amide bonds. The molecule has 2 heterocycles. The number of nitrogens with zero attached hydrogens (tertiary/aromatic N) is 4. The van der Waals surface area contributed by atoms with Crippen molar-refractivity contribution < 1.29 is 4.92 Å². The molecule has 0 radical (unpaired) electrons. The molecule has 7 nitrogen and oxygen atoms in total. The average Bonchev–Trinajstić information content (AvgIpc) is 3.00. The number of non-ortho nitro benzene ring substituents is 1. The largest absolute Gasteiger partial charge is 0.291 e. The molecule has 0 saturated carbocycles. The van der Waals surface area contributed by atoms with Gasteiger partial charge >= 0.3 is 0 Å². The minimum atomic E-state index is -0.457. The minimum absolute atomic E-state index is 0.0198. The molecule has 0 aliphatic carbocycles. The second-order valence-corrected chi connectivity index (χ2v) is 5.75. The first-order valence-corrected chi connectivity index (χ1v) is 7.55. The average molecular weight is 316 g/mol. The zero-order valence-electron chi connectivity index (χ0n) is 11.7. The molecule has 0 spiro atoms. The topological polar surface area (TPSA) is 90.4 Å². The van der Waals surface area contributed by atoms with Crippen molar-refractivity contribution in [2.75, 3.05) is 0 Å². The van der Waals surface area contributed by atoms with Gasteiger partial charge in [0.1, 0.15) is 0 Å². The zero-order valence-corrected chi connectivity index (χ0v) is 12.5. The number of benzene rings is 1. The Bertz CT molecular complexity index is 943. The maximum atomic E-state index is 12.3. The first-order valence-electron chi connectivity index (χ1n) is 6.73. The fourth-order valence-corrected chi connectivity index (χ4v) is 2.97. The molecule has 112 valence electrons. The van der Waals surface area contributed by atoms with Gasteiger partial charge in [-0.05, 0) is 30.2 Å². The number of hydrogen-bond acceptors (Lipinski definition) is 6. The molecule has 0 unspecified atom stereocenters. The first-order chi connectivity index (χ1) is 10.6. The summed E-state index contributed by atoms with van der Waals surface area (Å²) in [6, 6.07) is 6.03. The van der Waals surface area contributed by atoms with Crippen LogP contribution < -0.4 is 10.1 Å². The molecule has 0 aliphatic rings. The Kier molecular flexibility index (Phi) is 3.68. The smallest absolute Gasteiger partial charge is 0.266 e. The predicted molar refractivity (Wildman–Crippen MR) is 83.0 cm³/mol. The van der Waals surface area contributed by atoms with E-state index in [4.69, 9.17) is 0 Å². The van der Waals surface area contributed by atoms with Crippen molar-refractivity contribution in [3.63, 3.8) is 0 Å². The van der Waals surface area contributed by atoms with E-state index in [2.05, 4.69) is 10.1 Å². The van der Waals surface area contributed by atoms with Crippen molar-refractivity contribution in [3.05, 3.63) is 60.7 Å². The summed E-state index contributed by atoms with van der Waals surface area (Å²) >= 11 is 1.26. The van der Waals surface area contributed by atoms with Crippen LogP contribution in [0.2, 0.25) is 0 Å². The van der Waals surface area contributed by atoms with Crippen molar-refractivity contribution in [2.24, 2.45) is 0 Å². The van der Waals surface area contributed by atoms with E-state index in [1.54, 1.807) is 18.2 Å². The van der Waals surface area contributed by atoms with Crippen molar-refractivity contribution >= 4 is 28.1 Å². The monoisotopic (exact) mass is 316 g/mol. The third-order valence-corrected chi connectivity index (χ3v) is 4.06. The standard InChI is InChI=1S/C14H12N4O3S/c1-2-3-12-15-14-17(16-12)13(19)11(22-14)8-9-4-6-10(7-5-9)18(20)21/h4-8H,2-3H2,1H3/b11-8-. The fourth-order valence-electron chi connectivity index (χ4n) is 2.05. The lowest BCUT2D eigenvalue weighted by molar-refractivity contribution is -0.384. The zero-order chi connectivity index (χ0) is 15.7. The Morgan fingerprint density at radius 1 is 1.36 bits per heavy atom. The number of fused-ring (bicyclic) bond motifs is 1. The lowest BCUT2D eigenvalue weighted by Gasteiger charge is -1.92. The molecule has 8 heteroatoms. The molecule has 0 fully saturated rings. The van der Waals surface area contributed by atoms with E-state index in [0.717, 1.165) is 18.4 Å². The Balaban J connectivity index is 2.02. The Morgan fingerprint density at radius 3 is 2.68 bits per heavy atom. The first kappa shape index (κ1) is 14.3. The van der Waals surface area contributed by atoms with Gasteiger partial charge in [0, 0.05) is 18.6 Å². The summed E-state index contributed by atoms with van der Waals surface area (Å²) < 4.78 is 1.82. The van der Waals surface area contributed by atoms with Crippen LogP contribution in [0.4, 0.5) is 5.69 Å². The van der Waals surface area contributed by atoms with Gasteiger partial charge in [-0.2, -0.15) is 4.52 Å². The van der Waals surface area contributed by atoms with Gasteiger partial charge in [-0.3, -0.25) is 14.9 Å². The lowest BCUT2D eigenvalue weighted by Crippen LogP contribution is -2.23. The van der Waals surface area contributed by atoms with Crippen LogP contribution in [0.15, 0.2) is 29.1 Å². The fraction of sp³-hybridized carbons (Fsp3) is 0.214. The van der Waals surface area contributed by atoms with Crippen LogP contribution in [0.3, 0.4) is 0 Å². The van der Waals surface area contributed by atoms with Gasteiger partial charge in [-0.15, -0.1) is 5.10 Å². The second kappa shape index (κ2) is 5.64. The van der Waals surface area contributed by atoms with Crippen molar-refractivity contribution in [3.8, 4) is 0 Å². The number of hydrogen-bond donors (Lipinski definition) is 0. The molecule has 1 aromatic carbocycles. The summed E-state index contributed by atoms with van der Waals surface area (Å²) in [5.41, 5.74) is 0.528. The van der Waals surface area contributed by atoms with Crippen molar-refractivity contribution in [1.29, 1.82) is 0 Å². The van der Waals surface area contributed by atoms with Crippen LogP contribution >= 0.6 is 11.3 Å². The molecule has 2 aromatic heterocycles. The third kappa shape index (κ3) is 2.60. The predicted octanol–water partition coefficient (Wildman–Crippen LogP) is 1.56. The van der Waals surface area contributed by atoms with Gasteiger partial charge < -0.3 is 0 Å². The van der Waals surface area contributed by atoms with E-state index in [0.29, 0.717) is 15.3 Å². The summed E-state index contributed by atoms with van der Waals surface area (Å²) in [5, 5.41) is 14.8. The Labute approximate surface area is 128 Å². The minimum Gasteiger partial charge on any atom is -0.266 e. The second-order valence-electron chi connectivity index (χ2n) is 4.74. The van der Waals surface area contributed by atoms with E-state index < -0.39 is 4.92 Å². The molecule has 0 atom stereocenters. The Hall–Kier alpha value is -2.61. The van der Waals surface area contributed by atoms with Gasteiger partial charge in [-0.1, -0.05) is 18.3 Å². The summed E-state index contributed by atoms with van der Waals surface area (Å²) in [7, 11) is 0. The van der Waals surface area contributed by atoms with Gasteiger partial charge in [0.25, 0.3) is 11.2 Å². The van der Waals surface area contributed by atoms with Gasteiger partial charge in [0.2, 0.25) is 4.96 Å². The maximum Gasteiger partial charge on any atom is 0.291 e. The molecule has 0 saturated heterocycles. The van der Waals surface area contributed by atoms with Gasteiger partial charge in [0.05, 0.1) is 9.46 Å². The van der Waals surface area contributed by atoms with E-state index >= 15 is 0 Å². The summed E-state index contributed by atoms with van der Waals surface area (Å²) in [4.78, 5) is 27.3. The molecule has 22 heavy (non-hydrogen) atoms. The molecular weight excluding hydrogens is 304 g/mol. The molecule has 3 aromatic rings. The summed E-state index contributed by atoms with van der Waals surface area (Å²) in [6.45, 7) is 2.03. The van der Waals surface area contributed by atoms with E-state index in [-0.39, 0.29) is 11.2 Å². The lowest BCUT2D eigenvalue weighted by atomic mass is 10.2. The quantitative estimate of drug-likeness (QED) is 0.538. The molecule has 3 rings (SSSR count).